The highest BCUT2D eigenvalue weighted by atomic mass is 32.2. The lowest BCUT2D eigenvalue weighted by Gasteiger charge is -2.12. The van der Waals surface area contributed by atoms with Gasteiger partial charge in [0.1, 0.15) is 18.0 Å². The molecule has 1 aromatic carbocycles. The number of benzene rings is 1. The van der Waals surface area contributed by atoms with Gasteiger partial charge in [-0.05, 0) is 30.7 Å². The second-order valence-corrected chi connectivity index (χ2v) is 7.77. The Labute approximate surface area is 138 Å². The molecule has 3 N–H and O–H groups in total. The Morgan fingerprint density at radius 3 is 2.50 bits per heavy atom. The van der Waals surface area contributed by atoms with E-state index in [1.54, 1.807) is 18.2 Å². The first-order chi connectivity index (χ1) is 11.4. The number of sulfone groups is 1. The minimum absolute atomic E-state index is 0.108. The van der Waals surface area contributed by atoms with Crippen molar-refractivity contribution in [2.24, 2.45) is 0 Å². The van der Waals surface area contributed by atoms with E-state index in [4.69, 9.17) is 5.11 Å². The van der Waals surface area contributed by atoms with Crippen molar-refractivity contribution in [3.63, 3.8) is 0 Å². The van der Waals surface area contributed by atoms with E-state index in [0.717, 1.165) is 0 Å². The van der Waals surface area contributed by atoms with Crippen molar-refractivity contribution in [1.29, 1.82) is 0 Å². The van der Waals surface area contributed by atoms with Crippen LogP contribution in [0.1, 0.15) is 16.8 Å². The lowest BCUT2D eigenvalue weighted by atomic mass is 10.2. The summed E-state index contributed by atoms with van der Waals surface area (Å²) in [5.41, 5.74) is 0.890. The molecule has 2 aromatic rings. The van der Waals surface area contributed by atoms with Crippen LogP contribution in [0.2, 0.25) is 0 Å². The van der Waals surface area contributed by atoms with Crippen LogP contribution in [0.15, 0.2) is 36.7 Å². The predicted molar refractivity (Wildman–Crippen MR) is 89.4 cm³/mol. The second kappa shape index (κ2) is 6.44. The summed E-state index contributed by atoms with van der Waals surface area (Å²) in [4.78, 5) is 19.0. The monoisotopic (exact) mass is 348 g/mol. The maximum atomic E-state index is 11.5. The Balaban J connectivity index is 1.68. The summed E-state index contributed by atoms with van der Waals surface area (Å²) in [6.07, 6.45) is 1.94. The van der Waals surface area contributed by atoms with E-state index in [-0.39, 0.29) is 23.1 Å². The number of aromatic nitrogens is 2. The molecular weight excluding hydrogens is 332 g/mol. The molecule has 9 heteroatoms. The van der Waals surface area contributed by atoms with E-state index in [0.29, 0.717) is 23.7 Å². The zero-order valence-corrected chi connectivity index (χ0v) is 13.5. The molecule has 1 saturated heterocycles. The SMILES string of the molecule is O=C(O)c1ccc(Nc2cc(NC3CCS(=O)(=O)C3)ncn2)cc1. The topological polar surface area (TPSA) is 121 Å². The number of carboxylic acids is 1. The van der Waals surface area contributed by atoms with E-state index in [1.165, 1.54) is 18.5 Å². The third kappa shape index (κ3) is 3.99. The number of carboxylic acid groups (broad SMARTS) is 1. The zero-order chi connectivity index (χ0) is 17.2. The summed E-state index contributed by atoms with van der Waals surface area (Å²) in [6.45, 7) is 0. The molecule has 0 radical (unpaired) electrons. The van der Waals surface area contributed by atoms with Crippen LogP contribution in [-0.4, -0.2) is 47.0 Å². The molecule has 2 heterocycles. The van der Waals surface area contributed by atoms with E-state index >= 15 is 0 Å². The van der Waals surface area contributed by atoms with E-state index < -0.39 is 15.8 Å². The molecule has 0 saturated carbocycles. The average Bonchev–Trinajstić information content (AvgIpc) is 2.87. The van der Waals surface area contributed by atoms with Crippen molar-refractivity contribution >= 4 is 33.1 Å². The number of anilines is 3. The fourth-order valence-corrected chi connectivity index (χ4v) is 4.14. The molecule has 0 bridgehead atoms. The van der Waals surface area contributed by atoms with Gasteiger partial charge in [0.25, 0.3) is 0 Å². The largest absolute Gasteiger partial charge is 0.478 e. The highest BCUT2D eigenvalue weighted by Crippen LogP contribution is 2.20. The highest BCUT2D eigenvalue weighted by molar-refractivity contribution is 7.91. The van der Waals surface area contributed by atoms with Gasteiger partial charge >= 0.3 is 5.97 Å². The van der Waals surface area contributed by atoms with Gasteiger partial charge in [-0.3, -0.25) is 0 Å². The van der Waals surface area contributed by atoms with Crippen molar-refractivity contribution in [1.82, 2.24) is 9.97 Å². The molecule has 0 spiro atoms. The Kier molecular flexibility index (Phi) is 4.34. The molecular formula is C15H16N4O4S. The predicted octanol–water partition coefficient (Wildman–Crippen LogP) is 1.52. The molecule has 3 rings (SSSR count). The van der Waals surface area contributed by atoms with Crippen LogP contribution in [0.4, 0.5) is 17.3 Å². The number of carbonyl (C=O) groups is 1. The Morgan fingerprint density at radius 2 is 1.88 bits per heavy atom. The number of nitrogens with one attached hydrogen (secondary N) is 2. The van der Waals surface area contributed by atoms with Crippen molar-refractivity contribution in [2.45, 2.75) is 12.5 Å². The van der Waals surface area contributed by atoms with Gasteiger partial charge in [-0.1, -0.05) is 0 Å². The van der Waals surface area contributed by atoms with Crippen LogP contribution in [-0.2, 0) is 9.84 Å². The molecule has 0 amide bonds. The van der Waals surface area contributed by atoms with Gasteiger partial charge in [0, 0.05) is 17.8 Å². The number of aromatic carboxylic acids is 1. The van der Waals surface area contributed by atoms with Crippen molar-refractivity contribution in [3.8, 4) is 0 Å². The van der Waals surface area contributed by atoms with Crippen LogP contribution >= 0.6 is 0 Å². The molecule has 24 heavy (non-hydrogen) atoms. The fraction of sp³-hybridized carbons (Fsp3) is 0.267. The van der Waals surface area contributed by atoms with Gasteiger partial charge in [-0.25, -0.2) is 23.2 Å². The van der Waals surface area contributed by atoms with Gasteiger partial charge in [-0.15, -0.1) is 0 Å². The average molecular weight is 348 g/mol. The minimum atomic E-state index is -2.95. The first-order valence-electron chi connectivity index (χ1n) is 7.31. The molecule has 1 atom stereocenters. The van der Waals surface area contributed by atoms with Crippen LogP contribution in [0.25, 0.3) is 0 Å². The zero-order valence-electron chi connectivity index (χ0n) is 12.6. The Hall–Kier alpha value is -2.68. The van der Waals surface area contributed by atoms with Gasteiger partial charge < -0.3 is 15.7 Å². The standard InChI is InChI=1S/C15H16N4O4S/c20-15(21)10-1-3-11(4-2-10)18-13-7-14(17-9-16-13)19-12-5-6-24(22,23)8-12/h1-4,7,9,12H,5-6,8H2,(H,20,21)(H2,16,17,18,19). The van der Waals surface area contributed by atoms with Gasteiger partial charge in [-0.2, -0.15) is 0 Å². The lowest BCUT2D eigenvalue weighted by molar-refractivity contribution is 0.0697. The van der Waals surface area contributed by atoms with Gasteiger partial charge in [0.05, 0.1) is 17.1 Å². The third-order valence-corrected chi connectivity index (χ3v) is 5.42. The van der Waals surface area contributed by atoms with Crippen molar-refractivity contribution in [3.05, 3.63) is 42.2 Å². The maximum absolute atomic E-state index is 11.5. The van der Waals surface area contributed by atoms with E-state index in [9.17, 15) is 13.2 Å². The third-order valence-electron chi connectivity index (χ3n) is 3.66. The first kappa shape index (κ1) is 16.2. The molecule has 8 nitrogen and oxygen atoms in total. The molecule has 1 aromatic heterocycles. The Morgan fingerprint density at radius 1 is 1.17 bits per heavy atom. The molecule has 0 aliphatic carbocycles. The van der Waals surface area contributed by atoms with Crippen molar-refractivity contribution in [2.75, 3.05) is 22.1 Å². The minimum Gasteiger partial charge on any atom is -0.478 e. The van der Waals surface area contributed by atoms with Crippen LogP contribution in [0.5, 0.6) is 0 Å². The summed E-state index contributed by atoms with van der Waals surface area (Å²) in [5.74, 6) is 0.377. The van der Waals surface area contributed by atoms with E-state index in [1.807, 2.05) is 0 Å². The summed E-state index contributed by atoms with van der Waals surface area (Å²) in [5, 5.41) is 15.0. The summed E-state index contributed by atoms with van der Waals surface area (Å²) < 4.78 is 23.0. The summed E-state index contributed by atoms with van der Waals surface area (Å²) in [7, 11) is -2.95. The van der Waals surface area contributed by atoms with Gasteiger partial charge in [0.15, 0.2) is 9.84 Å². The maximum Gasteiger partial charge on any atom is 0.335 e. The number of hydrogen-bond acceptors (Lipinski definition) is 7. The van der Waals surface area contributed by atoms with E-state index in [2.05, 4.69) is 20.6 Å². The molecule has 1 aliphatic heterocycles. The quantitative estimate of drug-likeness (QED) is 0.743. The molecule has 1 unspecified atom stereocenters. The summed E-state index contributed by atoms with van der Waals surface area (Å²) >= 11 is 0. The number of hydrogen-bond donors (Lipinski definition) is 3. The normalized spacial score (nSPS) is 18.9. The first-order valence-corrected chi connectivity index (χ1v) is 9.13. The number of rotatable bonds is 5. The fourth-order valence-electron chi connectivity index (χ4n) is 2.47. The van der Waals surface area contributed by atoms with Crippen LogP contribution in [0.3, 0.4) is 0 Å². The molecule has 126 valence electrons. The van der Waals surface area contributed by atoms with Crippen molar-refractivity contribution < 1.29 is 18.3 Å². The second-order valence-electron chi connectivity index (χ2n) is 5.54. The molecule has 1 fully saturated rings. The highest BCUT2D eigenvalue weighted by Gasteiger charge is 2.27. The van der Waals surface area contributed by atoms with Gasteiger partial charge in [0.2, 0.25) is 0 Å². The Bertz CT molecular complexity index is 852. The van der Waals surface area contributed by atoms with Crippen LogP contribution in [0, 0.1) is 0 Å². The smallest absolute Gasteiger partial charge is 0.335 e. The summed E-state index contributed by atoms with van der Waals surface area (Å²) in [6, 6.07) is 7.80. The lowest BCUT2D eigenvalue weighted by Crippen LogP contribution is -2.21. The van der Waals surface area contributed by atoms with Crippen LogP contribution < -0.4 is 10.6 Å². The number of nitrogens with zero attached hydrogens (tertiary/aromatic N) is 2. The molecule has 1 aliphatic rings.